The maximum Gasteiger partial charge on any atom is 0.315 e. The maximum atomic E-state index is 10.7. The van der Waals surface area contributed by atoms with Gasteiger partial charge >= 0.3 is 5.69 Å². The molecular weight excluding hydrogens is 196 g/mol. The minimum absolute atomic E-state index is 0.259. The van der Waals surface area contributed by atoms with Gasteiger partial charge in [-0.15, -0.1) is 0 Å². The summed E-state index contributed by atoms with van der Waals surface area (Å²) in [5.74, 6) is -0.365. The molecule has 0 bridgehead atoms. The molecule has 0 saturated heterocycles. The van der Waals surface area contributed by atoms with Gasteiger partial charge in [-0.25, -0.2) is 0 Å². The summed E-state index contributed by atoms with van der Waals surface area (Å²) in [6, 6.07) is 5.10. The summed E-state index contributed by atoms with van der Waals surface area (Å²) < 4.78 is 0. The molecule has 5 nitrogen and oxygen atoms in total. The van der Waals surface area contributed by atoms with Crippen LogP contribution < -0.4 is 0 Å². The Labute approximate surface area is 85.1 Å². The number of hydrogen-bond acceptors (Lipinski definition) is 4. The van der Waals surface area contributed by atoms with Crippen LogP contribution in [-0.4, -0.2) is 15.0 Å². The minimum Gasteiger partial charge on any atom is -0.501 e. The van der Waals surface area contributed by atoms with E-state index in [1.54, 1.807) is 25.1 Å². The second-order valence-corrected chi connectivity index (χ2v) is 3.22. The number of fused-ring (bicyclic) bond motifs is 1. The standard InChI is InChI=1S/C10H8N2O3/c1-6-5-7-3-2-4-11-8(7)10(13)9(6)12(14)15/h2-5,13H,1H3. The van der Waals surface area contributed by atoms with E-state index in [2.05, 4.69) is 4.98 Å². The Balaban J connectivity index is 2.90. The molecule has 0 aliphatic carbocycles. The average Bonchev–Trinajstić information content (AvgIpc) is 2.17. The monoisotopic (exact) mass is 204 g/mol. The number of pyridine rings is 1. The summed E-state index contributed by atoms with van der Waals surface area (Å²) in [7, 11) is 0. The van der Waals surface area contributed by atoms with Crippen LogP contribution in [0.4, 0.5) is 5.69 Å². The summed E-state index contributed by atoms with van der Waals surface area (Å²) in [4.78, 5) is 14.0. The number of benzene rings is 1. The molecule has 0 aliphatic heterocycles. The van der Waals surface area contributed by atoms with E-state index in [0.29, 0.717) is 10.9 Å². The molecule has 0 fully saturated rings. The van der Waals surface area contributed by atoms with Crippen molar-refractivity contribution in [1.82, 2.24) is 4.98 Å². The number of phenols is 1. The van der Waals surface area contributed by atoms with Crippen molar-refractivity contribution in [1.29, 1.82) is 0 Å². The molecule has 1 heterocycles. The molecule has 1 aromatic carbocycles. The normalized spacial score (nSPS) is 10.5. The lowest BCUT2D eigenvalue weighted by Gasteiger charge is -2.03. The summed E-state index contributed by atoms with van der Waals surface area (Å²) in [5, 5.41) is 21.1. The number of aromatic hydroxyl groups is 1. The Kier molecular flexibility index (Phi) is 2.00. The van der Waals surface area contributed by atoms with Crippen molar-refractivity contribution in [2.45, 2.75) is 6.92 Å². The number of hydrogen-bond donors (Lipinski definition) is 1. The Morgan fingerprint density at radius 1 is 1.53 bits per heavy atom. The zero-order valence-electron chi connectivity index (χ0n) is 7.97. The van der Waals surface area contributed by atoms with Crippen LogP contribution in [0, 0.1) is 17.0 Å². The van der Waals surface area contributed by atoms with Crippen LogP contribution in [0.15, 0.2) is 24.4 Å². The van der Waals surface area contributed by atoms with Gasteiger partial charge in [-0.05, 0) is 19.1 Å². The zero-order valence-corrected chi connectivity index (χ0v) is 7.97. The smallest absolute Gasteiger partial charge is 0.315 e. The van der Waals surface area contributed by atoms with Gasteiger partial charge in [0.25, 0.3) is 0 Å². The van der Waals surface area contributed by atoms with Crippen LogP contribution in [0.1, 0.15) is 5.56 Å². The van der Waals surface area contributed by atoms with Gasteiger partial charge in [-0.3, -0.25) is 15.1 Å². The van der Waals surface area contributed by atoms with E-state index in [1.807, 2.05) is 0 Å². The Hall–Kier alpha value is -2.17. The lowest BCUT2D eigenvalue weighted by Crippen LogP contribution is -1.93. The topological polar surface area (TPSA) is 76.3 Å². The Morgan fingerprint density at radius 3 is 2.93 bits per heavy atom. The quantitative estimate of drug-likeness (QED) is 0.570. The van der Waals surface area contributed by atoms with Crippen molar-refractivity contribution in [2.75, 3.05) is 0 Å². The van der Waals surface area contributed by atoms with Crippen LogP contribution in [0.25, 0.3) is 10.9 Å². The third-order valence-corrected chi connectivity index (χ3v) is 2.22. The zero-order chi connectivity index (χ0) is 11.0. The molecule has 1 aromatic heterocycles. The van der Waals surface area contributed by atoms with Crippen molar-refractivity contribution in [3.63, 3.8) is 0 Å². The second kappa shape index (κ2) is 3.20. The van der Waals surface area contributed by atoms with Gasteiger partial charge in [0.15, 0.2) is 0 Å². The van der Waals surface area contributed by atoms with Gasteiger partial charge in [0.2, 0.25) is 5.75 Å². The highest BCUT2D eigenvalue weighted by Gasteiger charge is 2.20. The molecule has 0 radical (unpaired) electrons. The number of aryl methyl sites for hydroxylation is 1. The van der Waals surface area contributed by atoms with Crippen LogP contribution in [0.2, 0.25) is 0 Å². The fraction of sp³-hybridized carbons (Fsp3) is 0.100. The van der Waals surface area contributed by atoms with Crippen LogP contribution in [0.5, 0.6) is 5.75 Å². The predicted octanol–water partition coefficient (Wildman–Crippen LogP) is 2.16. The lowest BCUT2D eigenvalue weighted by molar-refractivity contribution is -0.386. The number of aromatic nitrogens is 1. The second-order valence-electron chi connectivity index (χ2n) is 3.22. The first kappa shape index (κ1) is 9.39. The van der Waals surface area contributed by atoms with E-state index in [0.717, 1.165) is 0 Å². The highest BCUT2D eigenvalue weighted by molar-refractivity contribution is 5.89. The average molecular weight is 204 g/mol. The van der Waals surface area contributed by atoms with Crippen LogP contribution >= 0.6 is 0 Å². The first-order valence-corrected chi connectivity index (χ1v) is 4.33. The fourth-order valence-corrected chi connectivity index (χ4v) is 1.56. The summed E-state index contributed by atoms with van der Waals surface area (Å²) in [6.45, 7) is 1.59. The number of nitrogens with zero attached hydrogens (tertiary/aromatic N) is 2. The van der Waals surface area contributed by atoms with Crippen molar-refractivity contribution in [3.05, 3.63) is 40.1 Å². The van der Waals surface area contributed by atoms with Gasteiger partial charge in [-0.1, -0.05) is 6.07 Å². The molecule has 76 valence electrons. The third kappa shape index (κ3) is 1.38. The largest absolute Gasteiger partial charge is 0.501 e. The van der Waals surface area contributed by atoms with Gasteiger partial charge in [0.1, 0.15) is 5.52 Å². The highest BCUT2D eigenvalue weighted by Crippen LogP contribution is 2.35. The summed E-state index contributed by atoms with van der Waals surface area (Å²) in [5.41, 5.74) is 0.411. The lowest BCUT2D eigenvalue weighted by atomic mass is 10.1. The number of phenolic OH excluding ortho intramolecular Hbond substituents is 1. The molecule has 0 amide bonds. The van der Waals surface area contributed by atoms with E-state index >= 15 is 0 Å². The number of nitro groups is 1. The van der Waals surface area contributed by atoms with Crippen molar-refractivity contribution in [3.8, 4) is 5.75 Å². The first-order chi connectivity index (χ1) is 7.11. The van der Waals surface area contributed by atoms with Crippen LogP contribution in [-0.2, 0) is 0 Å². The molecule has 15 heavy (non-hydrogen) atoms. The van der Waals surface area contributed by atoms with E-state index < -0.39 is 4.92 Å². The van der Waals surface area contributed by atoms with E-state index in [4.69, 9.17) is 0 Å². The van der Waals surface area contributed by atoms with Crippen molar-refractivity contribution >= 4 is 16.6 Å². The van der Waals surface area contributed by atoms with E-state index in [9.17, 15) is 15.2 Å². The number of nitro benzene ring substituents is 1. The molecule has 2 rings (SSSR count). The van der Waals surface area contributed by atoms with Crippen molar-refractivity contribution < 1.29 is 10.0 Å². The maximum absolute atomic E-state index is 10.7. The van der Waals surface area contributed by atoms with Crippen molar-refractivity contribution in [2.24, 2.45) is 0 Å². The molecule has 5 heteroatoms. The molecule has 2 aromatic rings. The van der Waals surface area contributed by atoms with Gasteiger partial charge < -0.3 is 5.11 Å². The Morgan fingerprint density at radius 2 is 2.27 bits per heavy atom. The molecule has 0 aliphatic rings. The number of rotatable bonds is 1. The SMILES string of the molecule is Cc1cc2cccnc2c(O)c1[N+](=O)[O-]. The summed E-state index contributed by atoms with van der Waals surface area (Å²) in [6.07, 6.45) is 1.49. The summed E-state index contributed by atoms with van der Waals surface area (Å²) >= 11 is 0. The highest BCUT2D eigenvalue weighted by atomic mass is 16.6. The van der Waals surface area contributed by atoms with Crippen LogP contribution in [0.3, 0.4) is 0 Å². The molecule has 1 N–H and O–H groups in total. The molecule has 0 spiro atoms. The molecule has 0 unspecified atom stereocenters. The Bertz CT molecular complexity index is 552. The molecule has 0 saturated carbocycles. The van der Waals surface area contributed by atoms with Gasteiger partial charge in [0.05, 0.1) is 4.92 Å². The van der Waals surface area contributed by atoms with Gasteiger partial charge in [-0.2, -0.15) is 0 Å². The third-order valence-electron chi connectivity index (χ3n) is 2.22. The minimum atomic E-state index is -0.598. The van der Waals surface area contributed by atoms with E-state index in [-0.39, 0.29) is 17.0 Å². The van der Waals surface area contributed by atoms with E-state index in [1.165, 1.54) is 6.20 Å². The molecular formula is C10H8N2O3. The predicted molar refractivity (Wildman–Crippen MR) is 54.8 cm³/mol. The fourth-order valence-electron chi connectivity index (χ4n) is 1.56. The first-order valence-electron chi connectivity index (χ1n) is 4.33. The molecule has 0 atom stereocenters. The van der Waals surface area contributed by atoms with Gasteiger partial charge in [0, 0.05) is 17.1 Å².